The molecule has 1 saturated heterocycles. The molecule has 0 radical (unpaired) electrons. The number of aliphatic hydroxyl groups excluding tert-OH is 1. The molecular formula is C14H17FN2O4. The third-order valence-electron chi connectivity index (χ3n) is 3.37. The van der Waals surface area contributed by atoms with Crippen LogP contribution in [0.3, 0.4) is 0 Å². The van der Waals surface area contributed by atoms with E-state index in [2.05, 4.69) is 5.32 Å². The topological polar surface area (TPSA) is 78.9 Å². The van der Waals surface area contributed by atoms with E-state index in [1.165, 1.54) is 25.3 Å². The van der Waals surface area contributed by atoms with Crippen molar-refractivity contribution in [3.8, 4) is 0 Å². The SMILES string of the molecule is COC[C@]1(C)NC(=O)N(C[C@H](O)c2cccc(F)c2)C1=O. The van der Waals surface area contributed by atoms with Gasteiger partial charge in [-0.15, -0.1) is 0 Å². The highest BCUT2D eigenvalue weighted by Gasteiger charge is 2.48. The maximum absolute atomic E-state index is 13.1. The molecule has 1 fully saturated rings. The number of halogens is 1. The highest BCUT2D eigenvalue weighted by Crippen LogP contribution is 2.22. The number of β-amino-alcohol motifs (C(OH)–C–C–N with tert-alkyl or cyclic N) is 1. The fraction of sp³-hybridized carbons (Fsp3) is 0.429. The lowest BCUT2D eigenvalue weighted by Crippen LogP contribution is -2.48. The molecule has 0 aromatic heterocycles. The minimum Gasteiger partial charge on any atom is -0.387 e. The van der Waals surface area contributed by atoms with Crippen molar-refractivity contribution in [2.24, 2.45) is 0 Å². The third-order valence-corrected chi connectivity index (χ3v) is 3.37. The number of carbonyl (C=O) groups excluding carboxylic acids is 2. The summed E-state index contributed by atoms with van der Waals surface area (Å²) in [5, 5.41) is 12.6. The maximum atomic E-state index is 13.1. The van der Waals surface area contributed by atoms with Crippen LogP contribution < -0.4 is 5.32 Å². The molecule has 0 bridgehead atoms. The summed E-state index contributed by atoms with van der Waals surface area (Å²) in [4.78, 5) is 25.0. The van der Waals surface area contributed by atoms with Gasteiger partial charge in [0.2, 0.25) is 0 Å². The summed E-state index contributed by atoms with van der Waals surface area (Å²) in [6.45, 7) is 1.34. The van der Waals surface area contributed by atoms with Crippen LogP contribution in [0.5, 0.6) is 0 Å². The first-order valence-corrected chi connectivity index (χ1v) is 6.44. The molecule has 2 rings (SSSR count). The van der Waals surface area contributed by atoms with Crippen molar-refractivity contribution < 1.29 is 23.8 Å². The molecule has 21 heavy (non-hydrogen) atoms. The summed E-state index contributed by atoms with van der Waals surface area (Å²) in [5.74, 6) is -0.974. The van der Waals surface area contributed by atoms with E-state index >= 15 is 0 Å². The normalized spacial score (nSPS) is 23.3. The lowest BCUT2D eigenvalue weighted by molar-refractivity contribution is -0.133. The van der Waals surface area contributed by atoms with Gasteiger partial charge in [0.1, 0.15) is 11.4 Å². The van der Waals surface area contributed by atoms with Crippen molar-refractivity contribution in [3.63, 3.8) is 0 Å². The quantitative estimate of drug-likeness (QED) is 0.788. The zero-order chi connectivity index (χ0) is 15.6. The average molecular weight is 296 g/mol. The summed E-state index contributed by atoms with van der Waals surface area (Å²) in [5.41, 5.74) is -0.844. The molecule has 7 heteroatoms. The number of nitrogens with zero attached hydrogens (tertiary/aromatic N) is 1. The van der Waals surface area contributed by atoms with Crippen LogP contribution in [-0.2, 0) is 9.53 Å². The fourth-order valence-electron chi connectivity index (χ4n) is 2.29. The van der Waals surface area contributed by atoms with Gasteiger partial charge in [-0.25, -0.2) is 9.18 Å². The highest BCUT2D eigenvalue weighted by atomic mass is 19.1. The molecule has 0 unspecified atom stereocenters. The van der Waals surface area contributed by atoms with Crippen molar-refractivity contribution in [2.75, 3.05) is 20.3 Å². The lowest BCUT2D eigenvalue weighted by atomic mass is 10.0. The van der Waals surface area contributed by atoms with E-state index < -0.39 is 29.4 Å². The number of imide groups is 1. The highest BCUT2D eigenvalue weighted by molar-refractivity contribution is 6.06. The summed E-state index contributed by atoms with van der Waals surface area (Å²) < 4.78 is 18.1. The molecule has 0 aliphatic carbocycles. The second-order valence-electron chi connectivity index (χ2n) is 5.18. The van der Waals surface area contributed by atoms with Crippen LogP contribution in [0.2, 0.25) is 0 Å². The van der Waals surface area contributed by atoms with Gasteiger partial charge in [-0.1, -0.05) is 12.1 Å². The molecule has 1 aliphatic heterocycles. The van der Waals surface area contributed by atoms with Crippen molar-refractivity contribution >= 4 is 11.9 Å². The van der Waals surface area contributed by atoms with E-state index in [1.807, 2.05) is 0 Å². The van der Waals surface area contributed by atoms with Gasteiger partial charge in [0.25, 0.3) is 5.91 Å². The second-order valence-corrected chi connectivity index (χ2v) is 5.18. The van der Waals surface area contributed by atoms with Gasteiger partial charge in [0.15, 0.2) is 0 Å². The van der Waals surface area contributed by atoms with Gasteiger partial charge >= 0.3 is 6.03 Å². The van der Waals surface area contributed by atoms with Crippen molar-refractivity contribution in [1.29, 1.82) is 0 Å². The van der Waals surface area contributed by atoms with Gasteiger partial charge in [-0.2, -0.15) is 0 Å². The lowest BCUT2D eigenvalue weighted by Gasteiger charge is -2.21. The van der Waals surface area contributed by atoms with Crippen molar-refractivity contribution in [2.45, 2.75) is 18.6 Å². The van der Waals surface area contributed by atoms with Crippen LogP contribution in [0.15, 0.2) is 24.3 Å². The van der Waals surface area contributed by atoms with Gasteiger partial charge in [0, 0.05) is 7.11 Å². The van der Waals surface area contributed by atoms with Crippen LogP contribution in [0, 0.1) is 5.82 Å². The number of hydrogen-bond acceptors (Lipinski definition) is 4. The zero-order valence-electron chi connectivity index (χ0n) is 11.8. The Balaban J connectivity index is 2.12. The van der Waals surface area contributed by atoms with Gasteiger partial charge < -0.3 is 15.2 Å². The van der Waals surface area contributed by atoms with E-state index in [9.17, 15) is 19.1 Å². The summed E-state index contributed by atoms with van der Waals surface area (Å²) in [6.07, 6.45) is -1.15. The Morgan fingerprint density at radius 3 is 2.81 bits per heavy atom. The largest absolute Gasteiger partial charge is 0.387 e. The van der Waals surface area contributed by atoms with E-state index in [0.29, 0.717) is 5.56 Å². The Bertz CT molecular complexity index is 566. The molecule has 2 N–H and O–H groups in total. The number of benzene rings is 1. The minimum atomic E-state index is -1.15. The van der Waals surface area contributed by atoms with Crippen molar-refractivity contribution in [1.82, 2.24) is 10.2 Å². The number of urea groups is 1. The predicted octanol–water partition coefficient (Wildman–Crippen LogP) is 0.816. The van der Waals surface area contributed by atoms with E-state index in [4.69, 9.17) is 4.74 Å². The zero-order valence-corrected chi connectivity index (χ0v) is 11.8. The Labute approximate surface area is 121 Å². The summed E-state index contributed by atoms with van der Waals surface area (Å²) in [7, 11) is 1.43. The molecule has 1 heterocycles. The van der Waals surface area contributed by atoms with Gasteiger partial charge in [-0.05, 0) is 24.6 Å². The smallest absolute Gasteiger partial charge is 0.325 e. The summed E-state index contributed by atoms with van der Waals surface area (Å²) in [6, 6.07) is 4.79. The number of aliphatic hydroxyl groups is 1. The second kappa shape index (κ2) is 5.79. The van der Waals surface area contributed by atoms with Crippen LogP contribution in [0.25, 0.3) is 0 Å². The molecule has 2 atom stereocenters. The first kappa shape index (κ1) is 15.4. The maximum Gasteiger partial charge on any atom is 0.325 e. The Hall–Kier alpha value is -1.99. The summed E-state index contributed by atoms with van der Waals surface area (Å²) >= 11 is 0. The number of methoxy groups -OCH3 is 1. The van der Waals surface area contributed by atoms with Crippen LogP contribution >= 0.6 is 0 Å². The van der Waals surface area contributed by atoms with E-state index in [-0.39, 0.29) is 13.2 Å². The molecule has 1 aliphatic rings. The number of nitrogens with one attached hydrogen (secondary N) is 1. The number of ether oxygens (including phenoxy) is 1. The average Bonchev–Trinajstić information content (AvgIpc) is 2.62. The molecule has 1 aromatic rings. The molecule has 114 valence electrons. The minimum absolute atomic E-state index is 0.0319. The third kappa shape index (κ3) is 3.03. The Morgan fingerprint density at radius 2 is 2.19 bits per heavy atom. The molecule has 0 spiro atoms. The molecule has 3 amide bonds. The van der Waals surface area contributed by atoms with E-state index in [0.717, 1.165) is 11.0 Å². The number of hydrogen-bond donors (Lipinski definition) is 2. The predicted molar refractivity (Wildman–Crippen MR) is 71.9 cm³/mol. The van der Waals surface area contributed by atoms with Crippen LogP contribution in [0.4, 0.5) is 9.18 Å². The van der Waals surface area contributed by atoms with Gasteiger partial charge in [-0.3, -0.25) is 9.69 Å². The molecule has 6 nitrogen and oxygen atoms in total. The Morgan fingerprint density at radius 1 is 1.48 bits per heavy atom. The number of carbonyl (C=O) groups is 2. The van der Waals surface area contributed by atoms with Crippen LogP contribution in [-0.4, -0.2) is 47.7 Å². The Kier molecular flexibility index (Phi) is 4.24. The molecule has 0 saturated carbocycles. The number of rotatable bonds is 5. The van der Waals surface area contributed by atoms with Gasteiger partial charge in [0.05, 0.1) is 19.3 Å². The van der Waals surface area contributed by atoms with E-state index in [1.54, 1.807) is 6.92 Å². The molecular weight excluding hydrogens is 279 g/mol. The van der Waals surface area contributed by atoms with Crippen LogP contribution in [0.1, 0.15) is 18.6 Å². The molecule has 1 aromatic carbocycles. The monoisotopic (exact) mass is 296 g/mol. The fourth-order valence-corrected chi connectivity index (χ4v) is 2.29. The standard InChI is InChI=1S/C14H17FN2O4/c1-14(8-21-2)12(19)17(13(20)16-14)7-11(18)9-4-3-5-10(15)6-9/h3-6,11,18H,7-8H2,1-2H3,(H,16,20)/t11-,14-/m0/s1. The number of amides is 3. The van der Waals surface area contributed by atoms with Crippen molar-refractivity contribution in [3.05, 3.63) is 35.6 Å². The first-order chi connectivity index (χ1) is 9.87. The first-order valence-electron chi connectivity index (χ1n) is 6.44.